The minimum Gasteiger partial charge on any atom is -0.497 e. The summed E-state index contributed by atoms with van der Waals surface area (Å²) in [4.78, 5) is 0. The van der Waals surface area contributed by atoms with E-state index >= 15 is 0 Å². The van der Waals surface area contributed by atoms with Gasteiger partial charge in [0.1, 0.15) is 17.3 Å². The molecule has 2 unspecified atom stereocenters. The monoisotopic (exact) mass is 449 g/mol. The first kappa shape index (κ1) is 22.7. The molecule has 2 aromatic carbocycles. The van der Waals surface area contributed by atoms with E-state index in [1.807, 2.05) is 61.9 Å². The van der Waals surface area contributed by atoms with E-state index in [9.17, 15) is 4.39 Å². The van der Waals surface area contributed by atoms with Gasteiger partial charge in [-0.1, -0.05) is 24.3 Å². The highest BCUT2D eigenvalue weighted by Gasteiger charge is 2.35. The topological polar surface area (TPSA) is 78.0 Å². The highest BCUT2D eigenvalue weighted by molar-refractivity contribution is 5.32. The Kier molecular flexibility index (Phi) is 6.55. The average molecular weight is 450 g/mol. The summed E-state index contributed by atoms with van der Waals surface area (Å²) in [5.74, 6) is 1.54. The molecule has 0 saturated heterocycles. The zero-order chi connectivity index (χ0) is 23.4. The number of hydrogen-bond donors (Lipinski definition) is 1. The van der Waals surface area contributed by atoms with Crippen LogP contribution in [0.4, 0.5) is 4.39 Å². The quantitative estimate of drug-likeness (QED) is 0.415. The third-order valence-corrected chi connectivity index (χ3v) is 5.48. The SMILES string of the molecule is COc1cccc(CNC(c2ccco2)C(c2ccc(F)cc2)c2nnnn2C(C)(C)C)c1. The van der Waals surface area contributed by atoms with Crippen LogP contribution in [0.3, 0.4) is 0 Å². The lowest BCUT2D eigenvalue weighted by Gasteiger charge is -2.29. The lowest BCUT2D eigenvalue weighted by Crippen LogP contribution is -2.33. The predicted octanol–water partition coefficient (Wildman–Crippen LogP) is 4.83. The molecular weight excluding hydrogens is 421 g/mol. The molecule has 2 atom stereocenters. The lowest BCUT2D eigenvalue weighted by molar-refractivity contribution is 0.310. The first-order valence-electron chi connectivity index (χ1n) is 10.8. The van der Waals surface area contributed by atoms with Gasteiger partial charge in [0, 0.05) is 6.54 Å². The largest absolute Gasteiger partial charge is 0.497 e. The molecule has 0 bridgehead atoms. The second-order valence-corrected chi connectivity index (χ2v) is 8.87. The highest BCUT2D eigenvalue weighted by atomic mass is 19.1. The molecular formula is C25H28FN5O2. The molecule has 0 aliphatic heterocycles. The van der Waals surface area contributed by atoms with Gasteiger partial charge < -0.3 is 14.5 Å². The van der Waals surface area contributed by atoms with Crippen LogP contribution >= 0.6 is 0 Å². The van der Waals surface area contributed by atoms with Crippen LogP contribution in [0.25, 0.3) is 0 Å². The van der Waals surface area contributed by atoms with E-state index in [1.54, 1.807) is 25.5 Å². The summed E-state index contributed by atoms with van der Waals surface area (Å²) in [7, 11) is 1.65. The molecule has 0 saturated carbocycles. The summed E-state index contributed by atoms with van der Waals surface area (Å²) in [5, 5.41) is 16.3. The van der Waals surface area contributed by atoms with Crippen LogP contribution in [0.15, 0.2) is 71.3 Å². The van der Waals surface area contributed by atoms with Gasteiger partial charge in [0.2, 0.25) is 0 Å². The fourth-order valence-electron chi connectivity index (χ4n) is 3.89. The van der Waals surface area contributed by atoms with Crippen molar-refractivity contribution in [1.29, 1.82) is 0 Å². The number of ether oxygens (including phenoxy) is 1. The summed E-state index contributed by atoms with van der Waals surface area (Å²) >= 11 is 0. The summed E-state index contributed by atoms with van der Waals surface area (Å²) in [5.41, 5.74) is 1.58. The van der Waals surface area contributed by atoms with Crippen molar-refractivity contribution in [3.8, 4) is 5.75 Å². The Labute approximate surface area is 192 Å². The number of nitrogens with zero attached hydrogens (tertiary/aromatic N) is 4. The molecule has 0 amide bonds. The van der Waals surface area contributed by atoms with Crippen molar-refractivity contribution in [1.82, 2.24) is 25.5 Å². The minimum absolute atomic E-state index is 0.299. The summed E-state index contributed by atoms with van der Waals surface area (Å²) in [6.45, 7) is 6.68. The molecule has 8 heteroatoms. The van der Waals surface area contributed by atoms with Crippen molar-refractivity contribution in [3.05, 3.63) is 95.5 Å². The van der Waals surface area contributed by atoms with Gasteiger partial charge in [-0.3, -0.25) is 0 Å². The maximum absolute atomic E-state index is 13.8. The van der Waals surface area contributed by atoms with Crippen LogP contribution in [-0.2, 0) is 12.1 Å². The van der Waals surface area contributed by atoms with E-state index in [4.69, 9.17) is 9.15 Å². The van der Waals surface area contributed by atoms with Gasteiger partial charge in [-0.15, -0.1) is 5.10 Å². The van der Waals surface area contributed by atoms with Crippen molar-refractivity contribution in [3.63, 3.8) is 0 Å². The molecule has 0 aliphatic rings. The van der Waals surface area contributed by atoms with E-state index in [0.29, 0.717) is 12.4 Å². The maximum Gasteiger partial charge on any atom is 0.161 e. The van der Waals surface area contributed by atoms with E-state index < -0.39 is 0 Å². The molecule has 0 spiro atoms. The Bertz CT molecular complexity index is 1170. The molecule has 33 heavy (non-hydrogen) atoms. The Morgan fingerprint density at radius 3 is 2.55 bits per heavy atom. The first-order chi connectivity index (χ1) is 15.9. The van der Waals surface area contributed by atoms with Gasteiger partial charge in [0.15, 0.2) is 5.82 Å². The highest BCUT2D eigenvalue weighted by Crippen LogP contribution is 2.37. The molecule has 7 nitrogen and oxygen atoms in total. The van der Waals surface area contributed by atoms with E-state index in [0.717, 1.165) is 22.6 Å². The average Bonchev–Trinajstić information content (AvgIpc) is 3.50. The summed E-state index contributed by atoms with van der Waals surface area (Å²) in [6.07, 6.45) is 1.64. The number of nitrogens with one attached hydrogen (secondary N) is 1. The Balaban J connectivity index is 1.78. The van der Waals surface area contributed by atoms with Crippen molar-refractivity contribution in [2.45, 2.75) is 44.8 Å². The van der Waals surface area contributed by atoms with Crippen LogP contribution < -0.4 is 10.1 Å². The molecule has 1 N–H and O–H groups in total. The standard InChI is InChI=1S/C25H28FN5O2/c1-25(2,3)31-24(28-29-30-31)22(18-10-12-19(26)13-11-18)23(21-9-6-14-33-21)27-16-17-7-5-8-20(15-17)32-4/h5-15,22-23,27H,16H2,1-4H3. The van der Waals surface area contributed by atoms with Gasteiger partial charge in [0.05, 0.1) is 30.9 Å². The number of methoxy groups -OCH3 is 1. The predicted molar refractivity (Wildman–Crippen MR) is 122 cm³/mol. The zero-order valence-corrected chi connectivity index (χ0v) is 19.2. The van der Waals surface area contributed by atoms with Crippen molar-refractivity contribution >= 4 is 0 Å². The van der Waals surface area contributed by atoms with Gasteiger partial charge in [-0.2, -0.15) is 0 Å². The van der Waals surface area contributed by atoms with Crippen molar-refractivity contribution in [2.75, 3.05) is 7.11 Å². The summed E-state index contributed by atoms with van der Waals surface area (Å²) < 4.78 is 26.8. The van der Waals surface area contributed by atoms with Gasteiger partial charge in [-0.25, -0.2) is 9.07 Å². The van der Waals surface area contributed by atoms with Gasteiger partial charge in [-0.05, 0) is 78.7 Å². The Morgan fingerprint density at radius 2 is 1.88 bits per heavy atom. The molecule has 172 valence electrons. The van der Waals surface area contributed by atoms with Gasteiger partial charge in [0.25, 0.3) is 0 Å². The second kappa shape index (κ2) is 9.54. The van der Waals surface area contributed by atoms with Crippen LogP contribution in [-0.4, -0.2) is 27.3 Å². The fourth-order valence-corrected chi connectivity index (χ4v) is 3.89. The Hall–Kier alpha value is -3.52. The van der Waals surface area contributed by atoms with Crippen molar-refractivity contribution in [2.24, 2.45) is 0 Å². The second-order valence-electron chi connectivity index (χ2n) is 8.87. The van der Waals surface area contributed by atoms with Crippen LogP contribution in [0.1, 0.15) is 55.4 Å². The molecule has 2 heterocycles. The molecule has 0 aliphatic carbocycles. The number of furan rings is 1. The Morgan fingerprint density at radius 1 is 1.09 bits per heavy atom. The van der Waals surface area contributed by atoms with Gasteiger partial charge >= 0.3 is 0 Å². The number of halogens is 1. The molecule has 0 radical (unpaired) electrons. The number of rotatable bonds is 8. The third-order valence-electron chi connectivity index (χ3n) is 5.48. The van der Waals surface area contributed by atoms with Crippen LogP contribution in [0.5, 0.6) is 5.75 Å². The summed E-state index contributed by atoms with van der Waals surface area (Å²) in [6, 6.07) is 17.8. The van der Waals surface area contributed by atoms with E-state index in [1.165, 1.54) is 12.1 Å². The fraction of sp³-hybridized carbons (Fsp3) is 0.320. The molecule has 0 fully saturated rings. The maximum atomic E-state index is 13.8. The van der Waals surface area contributed by atoms with Crippen LogP contribution in [0, 0.1) is 5.82 Å². The van der Waals surface area contributed by atoms with E-state index in [2.05, 4.69) is 20.8 Å². The van der Waals surface area contributed by atoms with E-state index in [-0.39, 0.29) is 23.3 Å². The smallest absolute Gasteiger partial charge is 0.161 e. The molecule has 4 rings (SSSR count). The minimum atomic E-state index is -0.350. The van der Waals surface area contributed by atoms with Crippen molar-refractivity contribution < 1.29 is 13.5 Å². The number of hydrogen-bond acceptors (Lipinski definition) is 6. The number of aromatic nitrogens is 4. The number of tetrazole rings is 1. The lowest BCUT2D eigenvalue weighted by atomic mass is 9.88. The zero-order valence-electron chi connectivity index (χ0n) is 19.2. The normalized spacial score (nSPS) is 13.6. The first-order valence-corrected chi connectivity index (χ1v) is 10.8. The molecule has 4 aromatic rings. The van der Waals surface area contributed by atoms with Crippen LogP contribution in [0.2, 0.25) is 0 Å². The molecule has 2 aromatic heterocycles. The third kappa shape index (κ3) is 5.12. The number of benzene rings is 2.